The smallest absolute Gasteiger partial charge is 0.326 e. The molecular formula is C45H76N10O13. The lowest BCUT2D eigenvalue weighted by molar-refractivity contribution is -0.147. The van der Waals surface area contributed by atoms with Gasteiger partial charge >= 0.3 is 5.97 Å². The molecule has 0 aromatic rings. The van der Waals surface area contributed by atoms with Crippen molar-refractivity contribution in [1.29, 1.82) is 0 Å². The van der Waals surface area contributed by atoms with Crippen LogP contribution in [0.4, 0.5) is 0 Å². The van der Waals surface area contributed by atoms with E-state index in [0.717, 1.165) is 4.90 Å². The molecule has 0 radical (unpaired) electrons. The molecule has 12 N–H and O–H groups in total. The van der Waals surface area contributed by atoms with Crippen LogP contribution in [0.25, 0.3) is 0 Å². The van der Waals surface area contributed by atoms with Gasteiger partial charge in [0.2, 0.25) is 53.2 Å². The first-order valence-corrected chi connectivity index (χ1v) is 23.9. The Bertz CT molecular complexity index is 1850. The second-order valence-corrected chi connectivity index (χ2v) is 19.3. The van der Waals surface area contributed by atoms with Crippen LogP contribution < -0.4 is 38.1 Å². The number of aliphatic hydroxyl groups excluding tert-OH is 2. The third kappa shape index (κ3) is 15.0. The first-order valence-electron chi connectivity index (χ1n) is 23.9. The van der Waals surface area contributed by atoms with Gasteiger partial charge in [-0.05, 0) is 83.0 Å². The SMILES string of the molecule is CC[C@H](C)[C@H](N)C(=O)N1CCC[C@H]1C(=O)N1CCC[C@H]1C(=O)N[C@@H](CC(C)C)C(=O)N[C@H](C(=O)N[C@@H](CCC(N)=O)C(=O)N[C@H](C(=O)N1CCC[C@H]1C(=O)N[C@H](C(=O)O)C(C)C)[C@@H](C)O)[C@@H](C)O. The Morgan fingerprint density at radius 3 is 1.59 bits per heavy atom. The Morgan fingerprint density at radius 2 is 1.09 bits per heavy atom. The second kappa shape index (κ2) is 25.8. The number of carboxylic acids is 1. The van der Waals surface area contributed by atoms with Crippen molar-refractivity contribution in [2.75, 3.05) is 19.6 Å². The molecule has 0 spiro atoms. The van der Waals surface area contributed by atoms with Crippen LogP contribution in [-0.4, -0.2) is 175 Å². The van der Waals surface area contributed by atoms with Gasteiger partial charge in [-0.25, -0.2) is 4.79 Å². The number of aliphatic hydroxyl groups is 2. The average molecular weight is 965 g/mol. The summed E-state index contributed by atoms with van der Waals surface area (Å²) in [6.07, 6.45) is -0.983. The molecule has 3 saturated heterocycles. The lowest BCUT2D eigenvalue weighted by Gasteiger charge is -2.33. The predicted octanol–water partition coefficient (Wildman–Crippen LogP) is -2.43. The highest BCUT2D eigenvalue weighted by atomic mass is 16.4. The standard InChI is InChI=1S/C45H76N10O13/c1-9-24(6)33(47)43(65)55-20-12-15-31(55)42(64)53-18-10-13-29(53)39(61)49-28(21-22(2)3)38(60)51-35(25(7)56)41(63)48-27(16-17-32(46)58)37(59)52-36(26(8)57)44(66)54-19-11-14-30(54)40(62)50-34(23(4)5)45(67)68/h22-31,33-36,56-57H,9-21,47H2,1-8H3,(H2,46,58)(H,48,63)(H,49,61)(H,50,62)(H,51,60)(H,52,59)(H,67,68)/t24-,25+,26+,27-,28-,29-,30-,31-,33-,34-,35-,36-/m0/s1. The molecule has 0 aromatic heterocycles. The van der Waals surface area contributed by atoms with E-state index >= 15 is 0 Å². The first-order chi connectivity index (χ1) is 31.8. The van der Waals surface area contributed by atoms with Crippen molar-refractivity contribution in [2.45, 2.75) is 186 Å². The number of nitrogens with one attached hydrogen (secondary N) is 5. The zero-order valence-corrected chi connectivity index (χ0v) is 40.7. The molecule has 12 atom stereocenters. The minimum atomic E-state index is -1.74. The van der Waals surface area contributed by atoms with E-state index in [4.69, 9.17) is 11.5 Å². The maximum atomic E-state index is 14.0. The summed E-state index contributed by atoms with van der Waals surface area (Å²) < 4.78 is 0. The van der Waals surface area contributed by atoms with Gasteiger partial charge in [-0.2, -0.15) is 0 Å². The Morgan fingerprint density at radius 1 is 0.603 bits per heavy atom. The Balaban J connectivity index is 1.78. The minimum absolute atomic E-state index is 0.0396. The highest BCUT2D eigenvalue weighted by Crippen LogP contribution is 2.27. The molecule has 0 aromatic carbocycles. The molecule has 3 aliphatic heterocycles. The number of hydrogen-bond donors (Lipinski definition) is 10. The van der Waals surface area contributed by atoms with Crippen molar-refractivity contribution < 1.29 is 63.3 Å². The van der Waals surface area contributed by atoms with Crippen LogP contribution in [0.5, 0.6) is 0 Å². The summed E-state index contributed by atoms with van der Waals surface area (Å²) in [6.45, 7) is 13.6. The van der Waals surface area contributed by atoms with E-state index in [0.29, 0.717) is 38.6 Å². The maximum absolute atomic E-state index is 14.0. The van der Waals surface area contributed by atoms with Crippen LogP contribution >= 0.6 is 0 Å². The third-order valence-corrected chi connectivity index (χ3v) is 13.0. The number of carbonyl (C=O) groups excluding carboxylic acids is 9. The normalized spacial score (nSPS) is 22.2. The average Bonchev–Trinajstić information content (AvgIpc) is 4.07. The minimum Gasteiger partial charge on any atom is -0.480 e. The van der Waals surface area contributed by atoms with E-state index in [2.05, 4.69) is 26.6 Å². The lowest BCUT2D eigenvalue weighted by atomic mass is 9.98. The lowest BCUT2D eigenvalue weighted by Crippen LogP contribution is -2.63. The quantitative estimate of drug-likeness (QED) is 0.0481. The number of primary amides is 1. The molecule has 0 unspecified atom stereocenters. The molecule has 3 heterocycles. The monoisotopic (exact) mass is 965 g/mol. The van der Waals surface area contributed by atoms with Crippen molar-refractivity contribution in [3.8, 4) is 0 Å². The number of amides is 9. The summed E-state index contributed by atoms with van der Waals surface area (Å²) >= 11 is 0. The summed E-state index contributed by atoms with van der Waals surface area (Å²) in [5, 5.41) is 43.5. The summed E-state index contributed by atoms with van der Waals surface area (Å²) in [5.74, 6) is -8.90. The van der Waals surface area contributed by atoms with Gasteiger partial charge in [0.05, 0.1) is 18.2 Å². The molecule has 3 rings (SSSR count). The molecule has 23 nitrogen and oxygen atoms in total. The van der Waals surface area contributed by atoms with E-state index in [1.807, 2.05) is 13.8 Å². The van der Waals surface area contributed by atoms with Gasteiger partial charge in [0.25, 0.3) is 0 Å². The fraction of sp³-hybridized carbons (Fsp3) is 0.778. The number of carbonyl (C=O) groups is 10. The van der Waals surface area contributed by atoms with Crippen molar-refractivity contribution in [3.05, 3.63) is 0 Å². The van der Waals surface area contributed by atoms with Crippen LogP contribution in [-0.2, 0) is 47.9 Å². The van der Waals surface area contributed by atoms with Gasteiger partial charge in [-0.15, -0.1) is 0 Å². The van der Waals surface area contributed by atoms with Crippen molar-refractivity contribution >= 4 is 59.1 Å². The van der Waals surface area contributed by atoms with E-state index < -0.39 is 133 Å². The largest absolute Gasteiger partial charge is 0.480 e. The molecule has 23 heteroatoms. The van der Waals surface area contributed by atoms with Gasteiger partial charge < -0.3 is 68.1 Å². The Hall–Kier alpha value is -5.42. The predicted molar refractivity (Wildman–Crippen MR) is 245 cm³/mol. The summed E-state index contributed by atoms with van der Waals surface area (Å²) in [6, 6.07) is -11.2. The van der Waals surface area contributed by atoms with Crippen LogP contribution in [0.1, 0.15) is 120 Å². The van der Waals surface area contributed by atoms with Gasteiger partial charge in [0.1, 0.15) is 48.3 Å². The molecule has 0 bridgehead atoms. The number of rotatable bonds is 24. The Kier molecular flexibility index (Phi) is 21.6. The highest BCUT2D eigenvalue weighted by molar-refractivity contribution is 5.99. The van der Waals surface area contributed by atoms with Gasteiger partial charge in [0, 0.05) is 26.1 Å². The number of nitrogens with two attached hydrogens (primary N) is 2. The molecule has 3 fully saturated rings. The molecule has 384 valence electrons. The number of nitrogens with zero attached hydrogens (tertiary/aromatic N) is 3. The Labute approximate surface area is 397 Å². The van der Waals surface area contributed by atoms with Crippen LogP contribution in [0, 0.1) is 17.8 Å². The topological polar surface area (TPSA) is 353 Å². The molecule has 9 amide bonds. The van der Waals surface area contributed by atoms with Crippen molar-refractivity contribution in [3.63, 3.8) is 0 Å². The van der Waals surface area contributed by atoms with Crippen molar-refractivity contribution in [1.82, 2.24) is 41.3 Å². The zero-order chi connectivity index (χ0) is 51.3. The van der Waals surface area contributed by atoms with E-state index in [9.17, 15) is 63.3 Å². The number of hydrogen-bond acceptors (Lipinski definition) is 13. The second-order valence-electron chi connectivity index (χ2n) is 19.3. The van der Waals surface area contributed by atoms with Crippen LogP contribution in [0.15, 0.2) is 0 Å². The number of carboxylic acid groups (broad SMARTS) is 1. The summed E-state index contributed by atoms with van der Waals surface area (Å²) in [7, 11) is 0. The first kappa shape index (κ1) is 56.9. The van der Waals surface area contributed by atoms with Gasteiger partial charge in [0.15, 0.2) is 0 Å². The number of aliphatic carboxylic acids is 1. The molecule has 3 aliphatic rings. The van der Waals surface area contributed by atoms with Crippen LogP contribution in [0.3, 0.4) is 0 Å². The number of likely N-dealkylation sites (tertiary alicyclic amines) is 3. The molecular weight excluding hydrogens is 889 g/mol. The fourth-order valence-electron chi connectivity index (χ4n) is 8.80. The van der Waals surface area contributed by atoms with Crippen LogP contribution in [0.2, 0.25) is 0 Å². The zero-order valence-electron chi connectivity index (χ0n) is 40.7. The molecule has 0 saturated carbocycles. The van der Waals surface area contributed by atoms with E-state index in [-0.39, 0.29) is 56.0 Å². The van der Waals surface area contributed by atoms with Gasteiger partial charge in [-0.1, -0.05) is 48.0 Å². The molecule has 0 aliphatic carbocycles. The fourth-order valence-corrected chi connectivity index (χ4v) is 8.80. The third-order valence-electron chi connectivity index (χ3n) is 13.0. The van der Waals surface area contributed by atoms with Gasteiger partial charge in [-0.3, -0.25) is 43.2 Å². The summed E-state index contributed by atoms with van der Waals surface area (Å²) in [4.78, 5) is 138. The van der Waals surface area contributed by atoms with E-state index in [1.54, 1.807) is 27.7 Å². The molecule has 68 heavy (non-hydrogen) atoms. The maximum Gasteiger partial charge on any atom is 0.326 e. The summed E-state index contributed by atoms with van der Waals surface area (Å²) in [5.41, 5.74) is 11.6. The highest BCUT2D eigenvalue weighted by Gasteiger charge is 2.45. The van der Waals surface area contributed by atoms with E-state index in [1.165, 1.54) is 23.6 Å². The van der Waals surface area contributed by atoms with Crippen molar-refractivity contribution in [2.24, 2.45) is 29.2 Å².